The first-order chi connectivity index (χ1) is 12.9. The molecular weight excluding hydrogens is 360 g/mol. The van der Waals surface area contributed by atoms with Crippen molar-refractivity contribution < 1.29 is 9.59 Å². The maximum absolute atomic E-state index is 13.0. The van der Waals surface area contributed by atoms with Crippen molar-refractivity contribution in [2.45, 2.75) is 45.7 Å². The first-order valence-electron chi connectivity index (χ1n) is 9.25. The minimum Gasteiger partial charge on any atom is -0.352 e. The predicted molar refractivity (Wildman–Crippen MR) is 110 cm³/mol. The van der Waals surface area contributed by atoms with E-state index in [0.717, 1.165) is 11.1 Å². The molecule has 0 radical (unpaired) electrons. The molecule has 0 aliphatic heterocycles. The van der Waals surface area contributed by atoms with Gasteiger partial charge >= 0.3 is 0 Å². The molecule has 0 fully saturated rings. The van der Waals surface area contributed by atoms with Crippen LogP contribution in [0.3, 0.4) is 0 Å². The fourth-order valence-corrected chi connectivity index (χ4v) is 3.08. The van der Waals surface area contributed by atoms with E-state index >= 15 is 0 Å². The summed E-state index contributed by atoms with van der Waals surface area (Å²) in [6.45, 7) is 6.06. The van der Waals surface area contributed by atoms with Crippen LogP contribution in [0.5, 0.6) is 0 Å². The number of nitrogens with one attached hydrogen (secondary N) is 1. The largest absolute Gasteiger partial charge is 0.352 e. The highest BCUT2D eigenvalue weighted by Gasteiger charge is 2.26. The van der Waals surface area contributed by atoms with Crippen molar-refractivity contribution in [3.63, 3.8) is 0 Å². The first-order valence-corrected chi connectivity index (χ1v) is 9.63. The van der Waals surface area contributed by atoms with E-state index in [1.54, 1.807) is 17.9 Å². The van der Waals surface area contributed by atoms with Crippen LogP contribution in [0.2, 0.25) is 5.02 Å². The Kier molecular flexibility index (Phi) is 7.86. The van der Waals surface area contributed by atoms with Gasteiger partial charge in [-0.25, -0.2) is 0 Å². The van der Waals surface area contributed by atoms with E-state index in [-0.39, 0.29) is 24.3 Å². The lowest BCUT2D eigenvalue weighted by molar-refractivity contribution is -0.139. The maximum atomic E-state index is 13.0. The molecule has 0 saturated heterocycles. The Balaban J connectivity index is 2.15. The SMILES string of the molecule is CC(C)NC(=O)[C@@H](C)N(CCc1ccccc1)C(=O)Cc1ccccc1Cl. The number of benzene rings is 2. The van der Waals surface area contributed by atoms with Gasteiger partial charge in [-0.05, 0) is 44.4 Å². The summed E-state index contributed by atoms with van der Waals surface area (Å²) in [5.74, 6) is -0.254. The maximum Gasteiger partial charge on any atom is 0.242 e. The number of carbonyl (C=O) groups excluding carboxylic acids is 2. The zero-order valence-corrected chi connectivity index (χ0v) is 16.9. The normalized spacial score (nSPS) is 11.9. The Labute approximate surface area is 166 Å². The molecule has 1 N–H and O–H groups in total. The zero-order valence-electron chi connectivity index (χ0n) is 16.1. The van der Waals surface area contributed by atoms with Gasteiger partial charge in [0.25, 0.3) is 0 Å². The van der Waals surface area contributed by atoms with Crippen LogP contribution in [0.15, 0.2) is 54.6 Å². The number of amides is 2. The zero-order chi connectivity index (χ0) is 19.8. The van der Waals surface area contributed by atoms with Crippen molar-refractivity contribution >= 4 is 23.4 Å². The Hall–Kier alpha value is -2.33. The molecule has 2 amide bonds. The fourth-order valence-electron chi connectivity index (χ4n) is 2.88. The van der Waals surface area contributed by atoms with Crippen molar-refractivity contribution in [1.29, 1.82) is 0 Å². The van der Waals surface area contributed by atoms with Crippen molar-refractivity contribution in [2.75, 3.05) is 6.54 Å². The van der Waals surface area contributed by atoms with E-state index in [0.29, 0.717) is 18.0 Å². The molecule has 0 heterocycles. The lowest BCUT2D eigenvalue weighted by atomic mass is 10.1. The van der Waals surface area contributed by atoms with E-state index in [1.165, 1.54) is 0 Å². The summed E-state index contributed by atoms with van der Waals surface area (Å²) in [6, 6.07) is 16.7. The average molecular weight is 387 g/mol. The molecule has 0 aromatic heterocycles. The number of nitrogens with zero attached hydrogens (tertiary/aromatic N) is 1. The molecule has 0 unspecified atom stereocenters. The first kappa shape index (κ1) is 21.0. The summed E-state index contributed by atoms with van der Waals surface area (Å²) in [6.07, 6.45) is 0.863. The van der Waals surface area contributed by atoms with Gasteiger partial charge in [-0.2, -0.15) is 0 Å². The molecule has 0 bridgehead atoms. The minimum absolute atomic E-state index is 0.0228. The van der Waals surface area contributed by atoms with Crippen LogP contribution in [0, 0.1) is 0 Å². The second kappa shape index (κ2) is 10.1. The van der Waals surface area contributed by atoms with Crippen LogP contribution in [-0.2, 0) is 22.4 Å². The van der Waals surface area contributed by atoms with E-state index in [9.17, 15) is 9.59 Å². The number of hydrogen-bond acceptors (Lipinski definition) is 2. The number of halogens is 1. The molecule has 2 aromatic rings. The van der Waals surface area contributed by atoms with Crippen LogP contribution >= 0.6 is 11.6 Å². The van der Waals surface area contributed by atoms with Gasteiger partial charge in [0.1, 0.15) is 6.04 Å². The molecule has 0 aliphatic rings. The van der Waals surface area contributed by atoms with Gasteiger partial charge in [-0.3, -0.25) is 9.59 Å². The van der Waals surface area contributed by atoms with Gasteiger partial charge in [0.2, 0.25) is 11.8 Å². The van der Waals surface area contributed by atoms with Gasteiger partial charge in [0, 0.05) is 17.6 Å². The third-order valence-electron chi connectivity index (χ3n) is 4.38. The van der Waals surface area contributed by atoms with Crippen LogP contribution in [0.1, 0.15) is 31.9 Å². The fraction of sp³-hybridized carbons (Fsp3) is 0.364. The van der Waals surface area contributed by atoms with Crippen LogP contribution in [0.4, 0.5) is 0 Å². The lowest BCUT2D eigenvalue weighted by Gasteiger charge is -2.29. The summed E-state index contributed by atoms with van der Waals surface area (Å²) in [7, 11) is 0. The number of rotatable bonds is 8. The van der Waals surface area contributed by atoms with Crippen molar-refractivity contribution in [2.24, 2.45) is 0 Å². The van der Waals surface area contributed by atoms with E-state index < -0.39 is 6.04 Å². The van der Waals surface area contributed by atoms with Crippen LogP contribution in [0.25, 0.3) is 0 Å². The topological polar surface area (TPSA) is 49.4 Å². The van der Waals surface area contributed by atoms with Crippen LogP contribution < -0.4 is 5.32 Å². The average Bonchev–Trinajstić information content (AvgIpc) is 2.64. The third kappa shape index (κ3) is 6.40. The quantitative estimate of drug-likeness (QED) is 0.748. The van der Waals surface area contributed by atoms with Gasteiger partial charge in [0.15, 0.2) is 0 Å². The van der Waals surface area contributed by atoms with Crippen molar-refractivity contribution in [3.05, 3.63) is 70.7 Å². The summed E-state index contributed by atoms with van der Waals surface area (Å²) >= 11 is 6.21. The van der Waals surface area contributed by atoms with E-state index in [2.05, 4.69) is 5.32 Å². The minimum atomic E-state index is -0.550. The number of hydrogen-bond donors (Lipinski definition) is 1. The Bertz CT molecular complexity index is 762. The van der Waals surface area contributed by atoms with Gasteiger partial charge < -0.3 is 10.2 Å². The van der Waals surface area contributed by atoms with Crippen molar-refractivity contribution in [1.82, 2.24) is 10.2 Å². The molecular formula is C22H27ClN2O2. The Morgan fingerprint density at radius 3 is 2.26 bits per heavy atom. The van der Waals surface area contributed by atoms with Gasteiger partial charge in [-0.1, -0.05) is 60.1 Å². The highest BCUT2D eigenvalue weighted by Crippen LogP contribution is 2.17. The number of carbonyl (C=O) groups is 2. The van der Waals surface area contributed by atoms with E-state index in [4.69, 9.17) is 11.6 Å². The molecule has 0 spiro atoms. The van der Waals surface area contributed by atoms with Crippen LogP contribution in [-0.4, -0.2) is 35.3 Å². The molecule has 2 aromatic carbocycles. The molecule has 2 rings (SSSR count). The highest BCUT2D eigenvalue weighted by atomic mass is 35.5. The van der Waals surface area contributed by atoms with Gasteiger partial charge in [-0.15, -0.1) is 0 Å². The smallest absolute Gasteiger partial charge is 0.242 e. The molecule has 144 valence electrons. The Morgan fingerprint density at radius 1 is 1.00 bits per heavy atom. The monoisotopic (exact) mass is 386 g/mol. The second-order valence-electron chi connectivity index (χ2n) is 6.93. The molecule has 0 aliphatic carbocycles. The highest BCUT2D eigenvalue weighted by molar-refractivity contribution is 6.31. The molecule has 4 nitrogen and oxygen atoms in total. The standard InChI is InChI=1S/C22H27ClN2O2/c1-16(2)24-22(27)17(3)25(14-13-18-9-5-4-6-10-18)21(26)15-19-11-7-8-12-20(19)23/h4-12,16-17H,13-15H2,1-3H3,(H,24,27)/t17-/m1/s1. The molecule has 0 saturated carbocycles. The Morgan fingerprint density at radius 2 is 1.63 bits per heavy atom. The molecule has 5 heteroatoms. The summed E-state index contributed by atoms with van der Waals surface area (Å²) in [4.78, 5) is 27.2. The summed E-state index contributed by atoms with van der Waals surface area (Å²) < 4.78 is 0. The summed E-state index contributed by atoms with van der Waals surface area (Å²) in [5.41, 5.74) is 1.90. The summed E-state index contributed by atoms with van der Waals surface area (Å²) in [5, 5.41) is 3.46. The third-order valence-corrected chi connectivity index (χ3v) is 4.75. The predicted octanol–water partition coefficient (Wildman–Crippen LogP) is 3.87. The molecule has 1 atom stereocenters. The molecule has 27 heavy (non-hydrogen) atoms. The second-order valence-corrected chi connectivity index (χ2v) is 7.34. The van der Waals surface area contributed by atoms with Crippen molar-refractivity contribution in [3.8, 4) is 0 Å². The van der Waals surface area contributed by atoms with E-state index in [1.807, 2.05) is 62.4 Å². The lowest BCUT2D eigenvalue weighted by Crippen LogP contribution is -2.50. The van der Waals surface area contributed by atoms with Gasteiger partial charge in [0.05, 0.1) is 6.42 Å².